The smallest absolute Gasteiger partial charge is 0.298 e. The van der Waals surface area contributed by atoms with E-state index in [9.17, 15) is 8.42 Å². The molecule has 0 spiro atoms. The van der Waals surface area contributed by atoms with Crippen LogP contribution < -0.4 is 19.9 Å². The molecule has 1 aromatic rings. The third kappa shape index (κ3) is 5.91. The van der Waals surface area contributed by atoms with Crippen molar-refractivity contribution in [2.24, 2.45) is 5.73 Å². The molecule has 0 atom stereocenters. The predicted molar refractivity (Wildman–Crippen MR) is 85.6 cm³/mol. The maximum atomic E-state index is 11.6. The first-order valence-corrected chi connectivity index (χ1v) is 8.68. The van der Waals surface area contributed by atoms with E-state index in [4.69, 9.17) is 10.5 Å². The van der Waals surface area contributed by atoms with Gasteiger partial charge in [-0.15, -0.1) is 0 Å². The number of hydrogen-bond donors (Lipinski definition) is 3. The standard InChI is InChI=1S/C14H25N3O3S/c1-3-4-5-6-10-20-14-9-7-8-13(12(14)11-15)17-21(18,19)16-2/h7-9,16-17H,3-6,10-11,15H2,1-2H3. The van der Waals surface area contributed by atoms with Crippen molar-refractivity contribution in [2.75, 3.05) is 18.4 Å². The molecule has 0 saturated heterocycles. The molecule has 120 valence electrons. The third-order valence-electron chi connectivity index (χ3n) is 3.11. The van der Waals surface area contributed by atoms with Crippen LogP contribution in [0.25, 0.3) is 0 Å². The fraction of sp³-hybridized carbons (Fsp3) is 0.571. The highest BCUT2D eigenvalue weighted by Crippen LogP contribution is 2.27. The zero-order valence-corrected chi connectivity index (χ0v) is 13.5. The summed E-state index contributed by atoms with van der Waals surface area (Å²) >= 11 is 0. The predicted octanol–water partition coefficient (Wildman–Crippen LogP) is 1.98. The first-order valence-electron chi connectivity index (χ1n) is 7.20. The Bertz CT molecular complexity index is 532. The summed E-state index contributed by atoms with van der Waals surface area (Å²) in [6.45, 7) is 2.96. The minimum absolute atomic E-state index is 0.201. The van der Waals surface area contributed by atoms with Gasteiger partial charge in [0, 0.05) is 19.2 Å². The Hall–Kier alpha value is -1.31. The van der Waals surface area contributed by atoms with Crippen LogP contribution >= 0.6 is 0 Å². The van der Waals surface area contributed by atoms with E-state index in [1.807, 2.05) is 0 Å². The van der Waals surface area contributed by atoms with Crippen LogP contribution in [0.2, 0.25) is 0 Å². The van der Waals surface area contributed by atoms with E-state index in [-0.39, 0.29) is 6.54 Å². The molecule has 7 heteroatoms. The summed E-state index contributed by atoms with van der Waals surface area (Å²) in [5.74, 6) is 0.630. The van der Waals surface area contributed by atoms with Gasteiger partial charge in [-0.3, -0.25) is 4.72 Å². The van der Waals surface area contributed by atoms with Crippen molar-refractivity contribution < 1.29 is 13.2 Å². The molecule has 4 N–H and O–H groups in total. The summed E-state index contributed by atoms with van der Waals surface area (Å²) in [5, 5.41) is 0. The van der Waals surface area contributed by atoms with Gasteiger partial charge in [0.2, 0.25) is 0 Å². The normalized spacial score (nSPS) is 11.4. The van der Waals surface area contributed by atoms with Crippen LogP contribution in [-0.2, 0) is 16.8 Å². The summed E-state index contributed by atoms with van der Waals surface area (Å²) < 4.78 is 33.5. The molecule has 0 heterocycles. The van der Waals surface area contributed by atoms with Gasteiger partial charge in [-0.25, -0.2) is 4.72 Å². The Labute approximate surface area is 127 Å². The Morgan fingerprint density at radius 1 is 1.24 bits per heavy atom. The van der Waals surface area contributed by atoms with Crippen molar-refractivity contribution in [3.63, 3.8) is 0 Å². The van der Waals surface area contributed by atoms with Crippen molar-refractivity contribution >= 4 is 15.9 Å². The minimum atomic E-state index is -3.57. The number of nitrogens with two attached hydrogens (primary N) is 1. The molecule has 0 aliphatic carbocycles. The summed E-state index contributed by atoms with van der Waals surface area (Å²) in [6, 6.07) is 5.22. The SMILES string of the molecule is CCCCCCOc1cccc(NS(=O)(=O)NC)c1CN. The number of ether oxygens (including phenoxy) is 1. The van der Waals surface area contributed by atoms with Gasteiger partial charge >= 0.3 is 0 Å². The van der Waals surface area contributed by atoms with Crippen LogP contribution in [-0.4, -0.2) is 22.1 Å². The molecule has 0 aromatic heterocycles. The van der Waals surface area contributed by atoms with Crippen LogP contribution in [0.3, 0.4) is 0 Å². The second-order valence-electron chi connectivity index (χ2n) is 4.71. The summed E-state index contributed by atoms with van der Waals surface area (Å²) in [7, 11) is -2.22. The highest BCUT2D eigenvalue weighted by Gasteiger charge is 2.13. The third-order valence-corrected chi connectivity index (χ3v) is 4.13. The van der Waals surface area contributed by atoms with Crippen LogP contribution in [0.15, 0.2) is 18.2 Å². The monoisotopic (exact) mass is 315 g/mol. The number of hydrogen-bond acceptors (Lipinski definition) is 4. The van der Waals surface area contributed by atoms with E-state index >= 15 is 0 Å². The maximum Gasteiger partial charge on any atom is 0.298 e. The van der Waals surface area contributed by atoms with E-state index in [2.05, 4.69) is 16.4 Å². The fourth-order valence-electron chi connectivity index (χ4n) is 1.91. The molecule has 1 aromatic carbocycles. The van der Waals surface area contributed by atoms with Gasteiger partial charge in [-0.2, -0.15) is 8.42 Å². The van der Waals surface area contributed by atoms with E-state index in [1.54, 1.807) is 18.2 Å². The van der Waals surface area contributed by atoms with Gasteiger partial charge in [0.25, 0.3) is 10.2 Å². The molecule has 0 aliphatic heterocycles. The lowest BCUT2D eigenvalue weighted by molar-refractivity contribution is 0.302. The maximum absolute atomic E-state index is 11.6. The Kier molecular flexibility index (Phi) is 7.49. The topological polar surface area (TPSA) is 93.4 Å². The molecule has 0 bridgehead atoms. The second kappa shape index (κ2) is 8.86. The average Bonchev–Trinajstić information content (AvgIpc) is 2.47. The molecule has 21 heavy (non-hydrogen) atoms. The van der Waals surface area contributed by atoms with Gasteiger partial charge in [-0.05, 0) is 18.6 Å². The molecule has 0 unspecified atom stereocenters. The Morgan fingerprint density at radius 2 is 2.00 bits per heavy atom. The van der Waals surface area contributed by atoms with Crippen LogP contribution in [0.1, 0.15) is 38.2 Å². The highest BCUT2D eigenvalue weighted by molar-refractivity contribution is 7.90. The van der Waals surface area contributed by atoms with Crippen molar-refractivity contribution in [3.05, 3.63) is 23.8 Å². The second-order valence-corrected chi connectivity index (χ2v) is 6.32. The van der Waals surface area contributed by atoms with Gasteiger partial charge in [0.1, 0.15) is 5.75 Å². The minimum Gasteiger partial charge on any atom is -0.493 e. The van der Waals surface area contributed by atoms with Crippen molar-refractivity contribution in [1.29, 1.82) is 0 Å². The molecule has 6 nitrogen and oxygen atoms in total. The lowest BCUT2D eigenvalue weighted by Crippen LogP contribution is -2.27. The molecule has 0 amide bonds. The van der Waals surface area contributed by atoms with E-state index in [0.717, 1.165) is 12.8 Å². The quantitative estimate of drug-likeness (QED) is 0.576. The number of benzene rings is 1. The number of rotatable bonds is 10. The van der Waals surface area contributed by atoms with Crippen molar-refractivity contribution in [1.82, 2.24) is 4.72 Å². The number of anilines is 1. The summed E-state index contributed by atoms with van der Waals surface area (Å²) in [4.78, 5) is 0. The molecule has 0 saturated carbocycles. The Morgan fingerprint density at radius 3 is 2.62 bits per heavy atom. The molecular formula is C14H25N3O3S. The zero-order valence-electron chi connectivity index (χ0n) is 12.7. The van der Waals surface area contributed by atoms with Gasteiger partial charge in [0.15, 0.2) is 0 Å². The van der Waals surface area contributed by atoms with Gasteiger partial charge in [-0.1, -0.05) is 32.3 Å². The molecular weight excluding hydrogens is 290 g/mol. The van der Waals surface area contributed by atoms with Gasteiger partial charge in [0.05, 0.1) is 12.3 Å². The summed E-state index contributed by atoms with van der Waals surface area (Å²) in [6.07, 6.45) is 4.47. The molecule has 0 fully saturated rings. The van der Waals surface area contributed by atoms with E-state index in [0.29, 0.717) is 23.6 Å². The van der Waals surface area contributed by atoms with Crippen LogP contribution in [0, 0.1) is 0 Å². The lowest BCUT2D eigenvalue weighted by Gasteiger charge is -2.15. The van der Waals surface area contributed by atoms with Crippen molar-refractivity contribution in [2.45, 2.75) is 39.2 Å². The fourth-order valence-corrected chi connectivity index (χ4v) is 2.50. The first kappa shape index (κ1) is 17.7. The van der Waals surface area contributed by atoms with E-state index < -0.39 is 10.2 Å². The highest BCUT2D eigenvalue weighted by atomic mass is 32.2. The lowest BCUT2D eigenvalue weighted by atomic mass is 10.1. The van der Waals surface area contributed by atoms with Gasteiger partial charge < -0.3 is 10.5 Å². The summed E-state index contributed by atoms with van der Waals surface area (Å²) in [5.41, 5.74) is 6.83. The largest absolute Gasteiger partial charge is 0.493 e. The van der Waals surface area contributed by atoms with Crippen LogP contribution in [0.5, 0.6) is 5.75 Å². The molecule has 0 aliphatic rings. The van der Waals surface area contributed by atoms with Crippen molar-refractivity contribution in [3.8, 4) is 5.75 Å². The zero-order chi connectivity index (χ0) is 15.7. The molecule has 1 rings (SSSR count). The Balaban J connectivity index is 2.77. The molecule has 0 radical (unpaired) electrons. The average molecular weight is 315 g/mol. The number of unbranched alkanes of at least 4 members (excludes halogenated alkanes) is 3. The van der Waals surface area contributed by atoms with E-state index in [1.165, 1.54) is 19.9 Å². The van der Waals surface area contributed by atoms with Crippen LogP contribution in [0.4, 0.5) is 5.69 Å². The number of nitrogens with one attached hydrogen (secondary N) is 2. The first-order chi connectivity index (χ1) is 10.0.